The van der Waals surface area contributed by atoms with Gasteiger partial charge in [0.2, 0.25) is 11.8 Å². The Kier molecular flexibility index (Phi) is 7.50. The normalized spacial score (nSPS) is 15.8. The van der Waals surface area contributed by atoms with Crippen molar-refractivity contribution in [2.45, 2.75) is 64.1 Å². The lowest BCUT2D eigenvalue weighted by molar-refractivity contribution is -0.148. The average molecular weight is 426 g/mol. The number of carbonyl (C=O) groups is 3. The molecule has 1 saturated carbocycles. The molecule has 1 unspecified atom stereocenters. The quantitative estimate of drug-likeness (QED) is 0.645. The molecule has 1 aliphatic carbocycles. The fourth-order valence-electron chi connectivity index (χ4n) is 3.92. The highest BCUT2D eigenvalue weighted by Crippen LogP contribution is 2.25. The van der Waals surface area contributed by atoms with Crippen molar-refractivity contribution in [3.63, 3.8) is 0 Å². The molecule has 1 fully saturated rings. The number of benzene rings is 1. The van der Waals surface area contributed by atoms with E-state index in [2.05, 4.69) is 10.6 Å². The standard InChI is InChI=1S/C24H31N3O4/c1-3-24(2,23(30)26-19-12-7-8-13-19)27(17-20-14-9-15-31-20)21(28)16-25-22(29)18-10-5-4-6-11-18/h4-6,9-11,14-15,19H,3,7-8,12-13,16-17H2,1-2H3,(H,25,29)(H,26,30). The highest BCUT2D eigenvalue weighted by Gasteiger charge is 2.42. The zero-order valence-corrected chi connectivity index (χ0v) is 18.2. The average Bonchev–Trinajstić information content (AvgIpc) is 3.50. The fourth-order valence-corrected chi connectivity index (χ4v) is 3.92. The van der Waals surface area contributed by atoms with Crippen LogP contribution in [0.1, 0.15) is 62.1 Å². The summed E-state index contributed by atoms with van der Waals surface area (Å²) in [5, 5.41) is 5.80. The third kappa shape index (κ3) is 5.54. The number of nitrogens with zero attached hydrogens (tertiary/aromatic N) is 1. The van der Waals surface area contributed by atoms with Crippen LogP contribution >= 0.6 is 0 Å². The lowest BCUT2D eigenvalue weighted by Gasteiger charge is -2.40. The number of nitrogens with one attached hydrogen (secondary N) is 2. The van der Waals surface area contributed by atoms with E-state index in [1.807, 2.05) is 13.0 Å². The molecule has 2 aromatic rings. The van der Waals surface area contributed by atoms with Crippen molar-refractivity contribution >= 4 is 17.7 Å². The van der Waals surface area contributed by atoms with Crippen LogP contribution in [-0.4, -0.2) is 40.7 Å². The van der Waals surface area contributed by atoms with Crippen LogP contribution in [-0.2, 0) is 16.1 Å². The van der Waals surface area contributed by atoms with Crippen molar-refractivity contribution in [2.75, 3.05) is 6.54 Å². The molecule has 2 N–H and O–H groups in total. The number of amides is 3. The molecule has 0 aliphatic heterocycles. The van der Waals surface area contributed by atoms with Crippen molar-refractivity contribution in [3.8, 4) is 0 Å². The molecule has 3 rings (SSSR count). The number of carbonyl (C=O) groups excluding carboxylic acids is 3. The van der Waals surface area contributed by atoms with Crippen molar-refractivity contribution in [3.05, 3.63) is 60.1 Å². The molecule has 7 heteroatoms. The molecule has 1 aromatic carbocycles. The molecular weight excluding hydrogens is 394 g/mol. The largest absolute Gasteiger partial charge is 0.467 e. The summed E-state index contributed by atoms with van der Waals surface area (Å²) in [6.07, 6.45) is 6.11. The van der Waals surface area contributed by atoms with Crippen molar-refractivity contribution in [2.24, 2.45) is 0 Å². The molecule has 3 amide bonds. The van der Waals surface area contributed by atoms with Gasteiger partial charge in [-0.15, -0.1) is 0 Å². The smallest absolute Gasteiger partial charge is 0.251 e. The first-order valence-corrected chi connectivity index (χ1v) is 10.9. The predicted molar refractivity (Wildman–Crippen MR) is 117 cm³/mol. The highest BCUT2D eigenvalue weighted by atomic mass is 16.3. The van der Waals surface area contributed by atoms with E-state index in [1.54, 1.807) is 43.3 Å². The van der Waals surface area contributed by atoms with Crippen LogP contribution in [0.3, 0.4) is 0 Å². The molecule has 0 saturated heterocycles. The van der Waals surface area contributed by atoms with E-state index in [1.165, 1.54) is 11.2 Å². The van der Waals surface area contributed by atoms with Gasteiger partial charge in [0.1, 0.15) is 11.3 Å². The summed E-state index contributed by atoms with van der Waals surface area (Å²) in [7, 11) is 0. The van der Waals surface area contributed by atoms with Gasteiger partial charge in [0, 0.05) is 11.6 Å². The number of hydrogen-bond acceptors (Lipinski definition) is 4. The molecule has 1 heterocycles. The molecule has 31 heavy (non-hydrogen) atoms. The highest BCUT2D eigenvalue weighted by molar-refractivity contribution is 5.97. The maximum Gasteiger partial charge on any atom is 0.251 e. The molecule has 166 valence electrons. The Bertz CT molecular complexity index is 875. The molecule has 1 aliphatic rings. The Hall–Kier alpha value is -3.09. The first-order valence-electron chi connectivity index (χ1n) is 10.9. The van der Waals surface area contributed by atoms with E-state index in [4.69, 9.17) is 4.42 Å². The van der Waals surface area contributed by atoms with Crippen molar-refractivity contribution in [1.29, 1.82) is 0 Å². The molecule has 0 radical (unpaired) electrons. The van der Waals surface area contributed by atoms with Gasteiger partial charge in [0.05, 0.1) is 19.4 Å². The zero-order chi connectivity index (χ0) is 22.3. The SMILES string of the molecule is CCC(C)(C(=O)NC1CCCC1)N(Cc1ccco1)C(=O)CNC(=O)c1ccccc1. The van der Waals surface area contributed by atoms with Gasteiger partial charge in [-0.1, -0.05) is 38.0 Å². The molecule has 0 spiro atoms. The summed E-state index contributed by atoms with van der Waals surface area (Å²) < 4.78 is 5.45. The van der Waals surface area contributed by atoms with Gasteiger partial charge in [-0.05, 0) is 50.5 Å². The minimum absolute atomic E-state index is 0.148. The van der Waals surface area contributed by atoms with Gasteiger partial charge in [-0.25, -0.2) is 0 Å². The molecule has 0 bridgehead atoms. The maximum absolute atomic E-state index is 13.3. The van der Waals surface area contributed by atoms with Crippen LogP contribution in [0.15, 0.2) is 53.1 Å². The molecule has 1 aromatic heterocycles. The zero-order valence-electron chi connectivity index (χ0n) is 18.2. The Morgan fingerprint density at radius 3 is 2.42 bits per heavy atom. The Morgan fingerprint density at radius 2 is 1.81 bits per heavy atom. The lowest BCUT2D eigenvalue weighted by atomic mass is 9.93. The molecular formula is C24H31N3O4. The summed E-state index contributed by atoms with van der Waals surface area (Å²) in [5.74, 6) is -0.264. The Balaban J connectivity index is 1.75. The van der Waals surface area contributed by atoms with Crippen LogP contribution in [0.5, 0.6) is 0 Å². The van der Waals surface area contributed by atoms with Gasteiger partial charge in [-0.2, -0.15) is 0 Å². The van der Waals surface area contributed by atoms with E-state index in [-0.39, 0.29) is 36.9 Å². The van der Waals surface area contributed by atoms with E-state index in [0.29, 0.717) is 17.7 Å². The Labute approximate surface area is 183 Å². The van der Waals surface area contributed by atoms with Crippen LogP contribution in [0, 0.1) is 0 Å². The first kappa shape index (κ1) is 22.6. The van der Waals surface area contributed by atoms with Gasteiger partial charge < -0.3 is 20.0 Å². The van der Waals surface area contributed by atoms with E-state index in [9.17, 15) is 14.4 Å². The Morgan fingerprint density at radius 1 is 1.10 bits per heavy atom. The van der Waals surface area contributed by atoms with E-state index >= 15 is 0 Å². The van der Waals surface area contributed by atoms with Crippen molar-refractivity contribution in [1.82, 2.24) is 15.5 Å². The third-order valence-electron chi connectivity index (χ3n) is 6.09. The van der Waals surface area contributed by atoms with Crippen LogP contribution in [0.25, 0.3) is 0 Å². The van der Waals surface area contributed by atoms with Gasteiger partial charge in [0.25, 0.3) is 5.91 Å². The number of furan rings is 1. The second-order valence-electron chi connectivity index (χ2n) is 8.19. The summed E-state index contributed by atoms with van der Waals surface area (Å²) >= 11 is 0. The minimum atomic E-state index is -1.07. The van der Waals surface area contributed by atoms with Gasteiger partial charge in [0.15, 0.2) is 0 Å². The maximum atomic E-state index is 13.3. The summed E-state index contributed by atoms with van der Waals surface area (Å²) in [6, 6.07) is 12.4. The van der Waals surface area contributed by atoms with Crippen molar-refractivity contribution < 1.29 is 18.8 Å². The summed E-state index contributed by atoms with van der Waals surface area (Å²) in [4.78, 5) is 40.4. The van der Waals surface area contributed by atoms with Gasteiger partial charge in [-0.3, -0.25) is 14.4 Å². The summed E-state index contributed by atoms with van der Waals surface area (Å²) in [6.45, 7) is 3.60. The second kappa shape index (κ2) is 10.3. The van der Waals surface area contributed by atoms with Crippen LogP contribution < -0.4 is 10.6 Å². The van der Waals surface area contributed by atoms with Gasteiger partial charge >= 0.3 is 0 Å². The fraction of sp³-hybridized carbons (Fsp3) is 0.458. The molecule has 1 atom stereocenters. The topological polar surface area (TPSA) is 91.7 Å². The summed E-state index contributed by atoms with van der Waals surface area (Å²) in [5.41, 5.74) is -0.589. The van der Waals surface area contributed by atoms with E-state index < -0.39 is 5.54 Å². The van der Waals surface area contributed by atoms with Crippen LogP contribution in [0.4, 0.5) is 0 Å². The van der Waals surface area contributed by atoms with E-state index in [0.717, 1.165) is 25.7 Å². The monoisotopic (exact) mass is 425 g/mol. The number of rotatable bonds is 9. The first-order chi connectivity index (χ1) is 14.9. The predicted octanol–water partition coefficient (Wildman–Crippen LogP) is 3.27. The minimum Gasteiger partial charge on any atom is -0.467 e. The third-order valence-corrected chi connectivity index (χ3v) is 6.09. The second-order valence-corrected chi connectivity index (χ2v) is 8.19. The molecule has 7 nitrogen and oxygen atoms in total. The lowest BCUT2D eigenvalue weighted by Crippen LogP contribution is -2.60. The number of hydrogen-bond donors (Lipinski definition) is 2. The van der Waals surface area contributed by atoms with Crippen LogP contribution in [0.2, 0.25) is 0 Å².